The van der Waals surface area contributed by atoms with Gasteiger partial charge >= 0.3 is 20.2 Å². The fourth-order valence-corrected chi connectivity index (χ4v) is 3.91. The summed E-state index contributed by atoms with van der Waals surface area (Å²) in [5, 5.41) is -2.40. The first kappa shape index (κ1) is 12.1. The van der Waals surface area contributed by atoms with E-state index >= 15 is 0 Å². The van der Waals surface area contributed by atoms with Crippen LogP contribution < -0.4 is 0 Å². The molecule has 7 nitrogen and oxygen atoms in total. The largest absolute Gasteiger partial charge is 0.615 e. The van der Waals surface area contributed by atoms with E-state index in [-0.39, 0.29) is 0 Å². The average Bonchev–Trinajstić information content (AvgIpc) is 1.49. The molecular formula is C2H6O7S3. The predicted octanol–water partition coefficient (Wildman–Crippen LogP) is -1.57. The summed E-state index contributed by atoms with van der Waals surface area (Å²) in [6.07, 6.45) is 0. The Morgan fingerprint density at radius 1 is 1.00 bits per heavy atom. The number of hydrogen-bond acceptors (Lipinski definition) is 5. The van der Waals surface area contributed by atoms with E-state index in [2.05, 4.69) is 0 Å². The van der Waals surface area contributed by atoms with Gasteiger partial charge in [-0.05, 0) is 11.2 Å². The summed E-state index contributed by atoms with van der Waals surface area (Å²) in [4.78, 5) is 0. The molecule has 0 saturated carbocycles. The van der Waals surface area contributed by atoms with E-state index in [0.29, 0.717) is 0 Å². The molecule has 10 heteroatoms. The van der Waals surface area contributed by atoms with E-state index in [1.807, 2.05) is 0 Å². The molecule has 74 valence electrons. The number of hydrogen-bond donors (Lipinski definition) is 2. The van der Waals surface area contributed by atoms with Crippen LogP contribution in [0.2, 0.25) is 0 Å². The van der Waals surface area contributed by atoms with E-state index < -0.39 is 41.6 Å². The van der Waals surface area contributed by atoms with Crippen molar-refractivity contribution in [3.05, 3.63) is 0 Å². The quantitative estimate of drug-likeness (QED) is 0.446. The molecule has 0 aromatic carbocycles. The first-order chi connectivity index (χ1) is 5.10. The van der Waals surface area contributed by atoms with Gasteiger partial charge in [0, 0.05) is 0 Å². The molecule has 0 spiro atoms. The van der Waals surface area contributed by atoms with Gasteiger partial charge in [0.05, 0.1) is 0 Å². The molecule has 0 aliphatic carbocycles. The van der Waals surface area contributed by atoms with Gasteiger partial charge in [-0.2, -0.15) is 16.8 Å². The van der Waals surface area contributed by atoms with Gasteiger partial charge in [-0.3, -0.25) is 9.11 Å². The van der Waals surface area contributed by atoms with Crippen molar-refractivity contribution in [3.63, 3.8) is 0 Å². The Morgan fingerprint density at radius 2 is 1.25 bits per heavy atom. The Balaban J connectivity index is 4.19. The van der Waals surface area contributed by atoms with Crippen LogP contribution >= 0.6 is 0 Å². The van der Waals surface area contributed by atoms with Gasteiger partial charge in [-0.25, -0.2) is 0 Å². The molecule has 0 aromatic heterocycles. The molecule has 0 amide bonds. The van der Waals surface area contributed by atoms with E-state index in [1.54, 1.807) is 0 Å². The standard InChI is InChI=1S/C2H6O7S3/c3-10(1-11(4,5)6)2-12(7,8)9/h1-2H2,(H,4,5,6)(H,7,8,9). The lowest BCUT2D eigenvalue weighted by Gasteiger charge is -2.05. The Kier molecular flexibility index (Phi) is 3.93. The van der Waals surface area contributed by atoms with Gasteiger partial charge in [0.15, 0.2) is 0 Å². The molecular weight excluding hydrogens is 232 g/mol. The predicted molar refractivity (Wildman–Crippen MR) is 41.0 cm³/mol. The van der Waals surface area contributed by atoms with Crippen molar-refractivity contribution in [2.24, 2.45) is 0 Å². The monoisotopic (exact) mass is 238 g/mol. The van der Waals surface area contributed by atoms with Crippen molar-refractivity contribution in [3.8, 4) is 0 Å². The van der Waals surface area contributed by atoms with Crippen molar-refractivity contribution >= 4 is 31.4 Å². The molecule has 0 saturated heterocycles. The van der Waals surface area contributed by atoms with E-state index in [0.717, 1.165) is 0 Å². The van der Waals surface area contributed by atoms with E-state index in [9.17, 15) is 21.4 Å². The van der Waals surface area contributed by atoms with E-state index in [1.165, 1.54) is 0 Å². The third kappa shape index (κ3) is 8.23. The van der Waals surface area contributed by atoms with E-state index in [4.69, 9.17) is 9.11 Å². The lowest BCUT2D eigenvalue weighted by molar-refractivity contribution is 0.486. The maximum Gasteiger partial charge on any atom is 0.311 e. The zero-order chi connectivity index (χ0) is 9.99. The summed E-state index contributed by atoms with van der Waals surface area (Å²) in [6, 6.07) is 0. The maximum absolute atomic E-state index is 10.5. The Hall–Kier alpha value is 0.130. The van der Waals surface area contributed by atoms with Crippen LogP contribution in [-0.4, -0.2) is 40.7 Å². The van der Waals surface area contributed by atoms with Crippen LogP contribution in [0.25, 0.3) is 0 Å². The van der Waals surface area contributed by atoms with Crippen LogP contribution in [0.1, 0.15) is 0 Å². The lowest BCUT2D eigenvalue weighted by Crippen LogP contribution is -2.23. The van der Waals surface area contributed by atoms with Gasteiger partial charge in [-0.1, -0.05) is 0 Å². The summed E-state index contributed by atoms with van der Waals surface area (Å²) in [5.41, 5.74) is 0. The second-order valence-electron chi connectivity index (χ2n) is 1.84. The molecule has 0 aliphatic rings. The molecule has 2 N–H and O–H groups in total. The molecule has 0 bridgehead atoms. The zero-order valence-corrected chi connectivity index (χ0v) is 8.02. The molecule has 12 heavy (non-hydrogen) atoms. The highest BCUT2D eigenvalue weighted by Gasteiger charge is 2.22. The van der Waals surface area contributed by atoms with Gasteiger partial charge in [0.1, 0.15) is 0 Å². The Labute approximate surface area is 72.5 Å². The summed E-state index contributed by atoms with van der Waals surface area (Å²) in [6.45, 7) is 0. The van der Waals surface area contributed by atoms with Gasteiger partial charge < -0.3 is 4.55 Å². The molecule has 0 fully saturated rings. The van der Waals surface area contributed by atoms with Gasteiger partial charge in [-0.15, -0.1) is 0 Å². The molecule has 0 rings (SSSR count). The molecule has 0 aliphatic heterocycles. The normalized spacial score (nSPS) is 13.7. The molecule has 0 aromatic rings. The second-order valence-corrected chi connectivity index (χ2v) is 6.93. The van der Waals surface area contributed by atoms with Crippen molar-refractivity contribution in [2.75, 3.05) is 10.2 Å². The van der Waals surface area contributed by atoms with Crippen LogP contribution in [0.5, 0.6) is 0 Å². The Morgan fingerprint density at radius 3 is 1.42 bits per heavy atom. The minimum atomic E-state index is -4.47. The molecule has 0 atom stereocenters. The van der Waals surface area contributed by atoms with Crippen molar-refractivity contribution in [1.82, 2.24) is 0 Å². The van der Waals surface area contributed by atoms with Crippen LogP contribution in [0, 0.1) is 0 Å². The maximum atomic E-state index is 10.5. The summed E-state index contributed by atoms with van der Waals surface area (Å²) in [7, 11) is -8.94. The van der Waals surface area contributed by atoms with Gasteiger partial charge in [0.2, 0.25) is 10.2 Å². The summed E-state index contributed by atoms with van der Waals surface area (Å²) >= 11 is -2.33. The highest BCUT2D eigenvalue weighted by Crippen LogP contribution is 1.99. The molecule has 0 heterocycles. The van der Waals surface area contributed by atoms with Crippen molar-refractivity contribution in [1.29, 1.82) is 0 Å². The minimum absolute atomic E-state index is 1.20. The van der Waals surface area contributed by atoms with Crippen molar-refractivity contribution < 1.29 is 30.5 Å². The van der Waals surface area contributed by atoms with Crippen LogP contribution in [0.4, 0.5) is 0 Å². The van der Waals surface area contributed by atoms with Crippen LogP contribution in [0.15, 0.2) is 0 Å². The Bertz CT molecular complexity index is 290. The first-order valence-electron chi connectivity index (χ1n) is 2.35. The topological polar surface area (TPSA) is 132 Å². The second kappa shape index (κ2) is 3.89. The fraction of sp³-hybridized carbons (Fsp3) is 1.00. The lowest BCUT2D eigenvalue weighted by atomic mass is 11.9. The van der Waals surface area contributed by atoms with Crippen LogP contribution in [0.3, 0.4) is 0 Å². The highest BCUT2D eigenvalue weighted by molar-refractivity contribution is 8.12. The third-order valence-corrected chi connectivity index (χ3v) is 5.05. The zero-order valence-electron chi connectivity index (χ0n) is 5.57. The SMILES string of the molecule is O=S(=O)(O)C[S+]([O-])CS(=O)(=O)O. The smallest absolute Gasteiger partial charge is 0.311 e. The first-order valence-corrected chi connectivity index (χ1v) is 7.06. The summed E-state index contributed by atoms with van der Waals surface area (Å²) in [5.74, 6) is 0. The fourth-order valence-electron chi connectivity index (χ4n) is 0.366. The van der Waals surface area contributed by atoms with Crippen LogP contribution in [-0.2, 0) is 31.4 Å². The van der Waals surface area contributed by atoms with Crippen molar-refractivity contribution in [2.45, 2.75) is 0 Å². The third-order valence-electron chi connectivity index (χ3n) is 0.561. The highest BCUT2D eigenvalue weighted by atomic mass is 32.3. The number of rotatable bonds is 4. The molecule has 0 unspecified atom stereocenters. The minimum Gasteiger partial charge on any atom is -0.615 e. The summed E-state index contributed by atoms with van der Waals surface area (Å²) < 4.78 is 66.7. The molecule has 0 radical (unpaired) electrons. The average molecular weight is 238 g/mol. The van der Waals surface area contributed by atoms with Gasteiger partial charge in [0.25, 0.3) is 0 Å².